The van der Waals surface area contributed by atoms with E-state index in [0.717, 1.165) is 17.7 Å². The van der Waals surface area contributed by atoms with Crippen molar-refractivity contribution in [2.75, 3.05) is 5.75 Å². The van der Waals surface area contributed by atoms with Crippen molar-refractivity contribution in [1.29, 1.82) is 0 Å². The Bertz CT molecular complexity index is 317. The molecule has 1 atom stereocenters. The summed E-state index contributed by atoms with van der Waals surface area (Å²) < 4.78 is 24.5. The van der Waals surface area contributed by atoms with Gasteiger partial charge in [0.2, 0.25) is 0 Å². The molecule has 0 aromatic heterocycles. The molecule has 1 nitrogen and oxygen atoms in total. The summed E-state index contributed by atoms with van der Waals surface area (Å²) in [6.45, 7) is 4.21. The highest BCUT2D eigenvalue weighted by atomic mass is 32.2. The van der Waals surface area contributed by atoms with Crippen LogP contribution in [0.3, 0.4) is 0 Å². The standard InChI is InChI=1S/C12H17FOS/c1-3-10(4-2)9-15(14)12-7-5-11(13)6-8-12/h5-8,10H,3-4,9H2,1-2H3. The summed E-state index contributed by atoms with van der Waals surface area (Å²) in [5.74, 6) is 0.896. The predicted molar refractivity (Wildman–Crippen MR) is 61.7 cm³/mol. The number of hydrogen-bond acceptors (Lipinski definition) is 1. The van der Waals surface area contributed by atoms with Crippen LogP contribution in [0.5, 0.6) is 0 Å². The first kappa shape index (κ1) is 12.4. The summed E-state index contributed by atoms with van der Waals surface area (Å²) in [6.07, 6.45) is 2.09. The molecule has 1 unspecified atom stereocenters. The second kappa shape index (κ2) is 6.01. The lowest BCUT2D eigenvalue weighted by Crippen LogP contribution is -2.09. The Labute approximate surface area is 93.2 Å². The monoisotopic (exact) mass is 228 g/mol. The van der Waals surface area contributed by atoms with Gasteiger partial charge in [0.05, 0.1) is 10.8 Å². The summed E-state index contributed by atoms with van der Waals surface area (Å²) in [5, 5.41) is 0. The van der Waals surface area contributed by atoms with Crippen molar-refractivity contribution in [2.24, 2.45) is 5.92 Å². The van der Waals surface area contributed by atoms with E-state index in [-0.39, 0.29) is 5.82 Å². The van der Waals surface area contributed by atoms with Crippen LogP contribution in [0.25, 0.3) is 0 Å². The topological polar surface area (TPSA) is 17.1 Å². The lowest BCUT2D eigenvalue weighted by molar-refractivity contribution is 0.544. The van der Waals surface area contributed by atoms with Gasteiger partial charge in [-0.2, -0.15) is 0 Å². The number of benzene rings is 1. The molecule has 84 valence electrons. The molecular formula is C12H17FOS. The van der Waals surface area contributed by atoms with E-state index in [9.17, 15) is 8.60 Å². The van der Waals surface area contributed by atoms with Crippen molar-refractivity contribution < 1.29 is 8.60 Å². The summed E-state index contributed by atoms with van der Waals surface area (Å²) >= 11 is 0. The molecule has 0 aliphatic carbocycles. The van der Waals surface area contributed by atoms with Crippen molar-refractivity contribution in [3.05, 3.63) is 30.1 Å². The van der Waals surface area contributed by atoms with Gasteiger partial charge in [0, 0.05) is 10.6 Å². The molecular weight excluding hydrogens is 211 g/mol. The van der Waals surface area contributed by atoms with Crippen LogP contribution in [-0.4, -0.2) is 9.96 Å². The van der Waals surface area contributed by atoms with Crippen molar-refractivity contribution in [3.63, 3.8) is 0 Å². The highest BCUT2D eigenvalue weighted by Gasteiger charge is 2.10. The smallest absolute Gasteiger partial charge is 0.123 e. The lowest BCUT2D eigenvalue weighted by Gasteiger charge is -2.11. The molecule has 0 bridgehead atoms. The van der Waals surface area contributed by atoms with Gasteiger partial charge in [-0.25, -0.2) is 4.39 Å². The first-order chi connectivity index (χ1) is 7.17. The van der Waals surface area contributed by atoms with Gasteiger partial charge in [0.25, 0.3) is 0 Å². The molecule has 0 saturated heterocycles. The third-order valence-electron chi connectivity index (χ3n) is 2.62. The molecule has 3 heteroatoms. The summed E-state index contributed by atoms with van der Waals surface area (Å²) in [5.41, 5.74) is 0. The van der Waals surface area contributed by atoms with Crippen LogP contribution in [0.4, 0.5) is 4.39 Å². The fourth-order valence-corrected chi connectivity index (χ4v) is 2.95. The van der Waals surface area contributed by atoms with Crippen molar-refractivity contribution in [2.45, 2.75) is 31.6 Å². The second-order valence-electron chi connectivity index (χ2n) is 3.65. The minimum Gasteiger partial charge on any atom is -0.254 e. The van der Waals surface area contributed by atoms with Crippen molar-refractivity contribution >= 4 is 10.8 Å². The van der Waals surface area contributed by atoms with Crippen molar-refractivity contribution in [1.82, 2.24) is 0 Å². The Balaban J connectivity index is 2.64. The van der Waals surface area contributed by atoms with Crippen LogP contribution in [0.2, 0.25) is 0 Å². The number of halogens is 1. The van der Waals surface area contributed by atoms with Gasteiger partial charge in [-0.15, -0.1) is 0 Å². The molecule has 0 aliphatic heterocycles. The van der Waals surface area contributed by atoms with Gasteiger partial charge in [-0.1, -0.05) is 26.7 Å². The zero-order valence-corrected chi connectivity index (χ0v) is 10.0. The third-order valence-corrected chi connectivity index (χ3v) is 4.19. The molecule has 0 radical (unpaired) electrons. The largest absolute Gasteiger partial charge is 0.254 e. The molecule has 0 aliphatic rings. The molecule has 0 amide bonds. The fraction of sp³-hybridized carbons (Fsp3) is 0.500. The summed E-state index contributed by atoms with van der Waals surface area (Å²) in [4.78, 5) is 0.725. The zero-order chi connectivity index (χ0) is 11.3. The summed E-state index contributed by atoms with van der Waals surface area (Å²) in [7, 11) is -0.988. The molecule has 0 spiro atoms. The average Bonchev–Trinajstić information content (AvgIpc) is 2.26. The number of hydrogen-bond donors (Lipinski definition) is 0. The lowest BCUT2D eigenvalue weighted by atomic mass is 10.1. The molecule has 0 fully saturated rings. The van der Waals surface area contributed by atoms with Crippen LogP contribution < -0.4 is 0 Å². The summed E-state index contributed by atoms with van der Waals surface area (Å²) in [6, 6.07) is 5.93. The van der Waals surface area contributed by atoms with E-state index in [1.54, 1.807) is 12.1 Å². The van der Waals surface area contributed by atoms with E-state index in [1.165, 1.54) is 12.1 Å². The maximum Gasteiger partial charge on any atom is 0.123 e. The molecule has 1 rings (SSSR count). The predicted octanol–water partition coefficient (Wildman–Crippen LogP) is 3.37. The Morgan fingerprint density at radius 1 is 1.20 bits per heavy atom. The minimum atomic E-state index is -0.988. The van der Waals surface area contributed by atoms with E-state index >= 15 is 0 Å². The van der Waals surface area contributed by atoms with E-state index in [2.05, 4.69) is 13.8 Å². The Kier molecular flexibility index (Phi) is 4.95. The van der Waals surface area contributed by atoms with Crippen LogP contribution >= 0.6 is 0 Å². The fourth-order valence-electron chi connectivity index (χ4n) is 1.42. The van der Waals surface area contributed by atoms with E-state index in [1.807, 2.05) is 0 Å². The van der Waals surface area contributed by atoms with Gasteiger partial charge >= 0.3 is 0 Å². The first-order valence-corrected chi connectivity index (χ1v) is 6.63. The first-order valence-electron chi connectivity index (χ1n) is 5.31. The van der Waals surface area contributed by atoms with E-state index in [4.69, 9.17) is 0 Å². The zero-order valence-electron chi connectivity index (χ0n) is 9.20. The maximum atomic E-state index is 12.6. The Hall–Kier alpha value is -0.700. The minimum absolute atomic E-state index is 0.279. The van der Waals surface area contributed by atoms with E-state index < -0.39 is 10.8 Å². The maximum absolute atomic E-state index is 12.6. The Morgan fingerprint density at radius 2 is 1.73 bits per heavy atom. The quantitative estimate of drug-likeness (QED) is 0.755. The third kappa shape index (κ3) is 3.74. The average molecular weight is 228 g/mol. The Morgan fingerprint density at radius 3 is 2.20 bits per heavy atom. The number of rotatable bonds is 5. The van der Waals surface area contributed by atoms with Crippen LogP contribution in [0.1, 0.15) is 26.7 Å². The van der Waals surface area contributed by atoms with Crippen LogP contribution in [0, 0.1) is 11.7 Å². The van der Waals surface area contributed by atoms with Crippen molar-refractivity contribution in [3.8, 4) is 0 Å². The van der Waals surface area contributed by atoms with Crippen LogP contribution in [0.15, 0.2) is 29.2 Å². The molecule has 0 N–H and O–H groups in total. The van der Waals surface area contributed by atoms with Gasteiger partial charge in [0.15, 0.2) is 0 Å². The second-order valence-corrected chi connectivity index (χ2v) is 5.14. The highest BCUT2D eigenvalue weighted by Crippen LogP contribution is 2.15. The molecule has 0 saturated carbocycles. The highest BCUT2D eigenvalue weighted by molar-refractivity contribution is 7.85. The SMILES string of the molecule is CCC(CC)CS(=O)c1ccc(F)cc1. The van der Waals surface area contributed by atoms with Gasteiger partial charge < -0.3 is 0 Å². The normalized spacial score (nSPS) is 13.1. The molecule has 1 aromatic rings. The van der Waals surface area contributed by atoms with Gasteiger partial charge in [-0.05, 0) is 30.2 Å². The van der Waals surface area contributed by atoms with Gasteiger partial charge in [0.1, 0.15) is 5.82 Å². The van der Waals surface area contributed by atoms with Crippen LogP contribution in [-0.2, 0) is 10.8 Å². The molecule has 0 heterocycles. The molecule has 15 heavy (non-hydrogen) atoms. The van der Waals surface area contributed by atoms with E-state index in [0.29, 0.717) is 11.7 Å². The molecule has 1 aromatic carbocycles. The van der Waals surface area contributed by atoms with Gasteiger partial charge in [-0.3, -0.25) is 4.21 Å².